The SMILES string of the molecule is O=C(O)O.[Ca+2].[Na+].[O-][Si]([O-])([O-])O. The smallest absolute Gasteiger partial charge is 0.861 e. The van der Waals surface area contributed by atoms with Gasteiger partial charge < -0.3 is 29.4 Å². The number of carbonyl (C=O) groups is 1. The van der Waals surface area contributed by atoms with Crippen molar-refractivity contribution in [1.82, 2.24) is 0 Å². The molecule has 0 fully saturated rings. The van der Waals surface area contributed by atoms with Gasteiger partial charge in [-0.15, -0.1) is 9.05 Å². The summed E-state index contributed by atoms with van der Waals surface area (Å²) in [6, 6.07) is 0. The first-order valence-electron chi connectivity index (χ1n) is 1.49. The van der Waals surface area contributed by atoms with Gasteiger partial charge in [-0.2, -0.15) is 0 Å². The van der Waals surface area contributed by atoms with Crippen LogP contribution in [0, 0.1) is 0 Å². The fourth-order valence-corrected chi connectivity index (χ4v) is 0. The van der Waals surface area contributed by atoms with Crippen LogP contribution < -0.4 is 43.9 Å². The molecule has 0 saturated carbocycles. The van der Waals surface area contributed by atoms with E-state index < -0.39 is 15.2 Å². The largest absolute Gasteiger partial charge is 2.00 e. The topological polar surface area (TPSA) is 147 Å². The van der Waals surface area contributed by atoms with Crippen LogP contribution in [0.4, 0.5) is 4.79 Å². The molecule has 0 amide bonds. The van der Waals surface area contributed by atoms with E-state index in [0.29, 0.717) is 0 Å². The fourth-order valence-electron chi connectivity index (χ4n) is 0. The molecule has 0 atom stereocenters. The Labute approximate surface area is 115 Å². The zero-order valence-corrected chi connectivity index (χ0v) is 10.9. The van der Waals surface area contributed by atoms with Crippen molar-refractivity contribution in [2.75, 3.05) is 0 Å². The van der Waals surface area contributed by atoms with Gasteiger partial charge in [-0.25, -0.2) is 4.79 Å². The van der Waals surface area contributed by atoms with Crippen molar-refractivity contribution in [3.8, 4) is 0 Å². The summed E-state index contributed by atoms with van der Waals surface area (Å²) in [6.07, 6.45) is -1.83. The molecule has 10 heteroatoms. The molecule has 0 bridgehead atoms. The third-order valence-electron chi connectivity index (χ3n) is 0. The van der Waals surface area contributed by atoms with Crippen LogP contribution in [0.1, 0.15) is 0 Å². The Bertz CT molecular complexity index is 80.9. The van der Waals surface area contributed by atoms with E-state index >= 15 is 0 Å². The van der Waals surface area contributed by atoms with E-state index in [4.69, 9.17) is 34.2 Å². The molecule has 0 unspecified atom stereocenters. The van der Waals surface area contributed by atoms with Crippen molar-refractivity contribution in [2.24, 2.45) is 0 Å². The molecule has 0 spiro atoms. The second-order valence-corrected chi connectivity index (χ2v) is 1.85. The number of rotatable bonds is 0. The van der Waals surface area contributed by atoms with Crippen LogP contribution in [0.25, 0.3) is 0 Å². The Morgan fingerprint density at radius 3 is 1.18 bits per heavy atom. The van der Waals surface area contributed by atoms with E-state index in [2.05, 4.69) is 0 Å². The molecule has 0 rings (SSSR count). The molecule has 3 N–H and O–H groups in total. The third-order valence-corrected chi connectivity index (χ3v) is 0. The van der Waals surface area contributed by atoms with Crippen LogP contribution in [0.2, 0.25) is 0 Å². The molecule has 0 saturated heterocycles. The number of carboxylic acid groups (broad SMARTS) is 2. The van der Waals surface area contributed by atoms with Crippen LogP contribution in [-0.2, 0) is 0 Å². The zero-order valence-electron chi connectivity index (χ0n) is 5.68. The van der Waals surface area contributed by atoms with Gasteiger partial charge in [-0.05, 0) is 0 Å². The molecule has 0 aliphatic rings. The van der Waals surface area contributed by atoms with Gasteiger partial charge in [0.2, 0.25) is 0 Å². The summed E-state index contributed by atoms with van der Waals surface area (Å²) in [5.74, 6) is 0. The normalized spacial score (nSPS) is 7.64. The molecular weight excluding hydrogens is 215 g/mol. The molecule has 11 heavy (non-hydrogen) atoms. The van der Waals surface area contributed by atoms with E-state index in [1.54, 1.807) is 0 Å². The van der Waals surface area contributed by atoms with Crippen molar-refractivity contribution in [3.63, 3.8) is 0 Å². The Morgan fingerprint density at radius 2 is 1.18 bits per heavy atom. The maximum absolute atomic E-state index is 8.69. The van der Waals surface area contributed by atoms with Gasteiger partial charge in [0.15, 0.2) is 0 Å². The summed E-state index contributed by atoms with van der Waals surface area (Å²) >= 11 is 0. The van der Waals surface area contributed by atoms with Gasteiger partial charge in [0.05, 0.1) is 0 Å². The van der Waals surface area contributed by atoms with Crippen LogP contribution in [0.5, 0.6) is 0 Å². The molecule has 7 nitrogen and oxygen atoms in total. The van der Waals surface area contributed by atoms with Crippen LogP contribution in [-0.4, -0.2) is 68.0 Å². The van der Waals surface area contributed by atoms with Crippen molar-refractivity contribution in [2.45, 2.75) is 0 Å². The minimum absolute atomic E-state index is 0. The van der Waals surface area contributed by atoms with E-state index in [-0.39, 0.29) is 67.3 Å². The molecule has 0 aromatic rings. The van der Waals surface area contributed by atoms with Crippen molar-refractivity contribution >= 4 is 52.9 Å². The Balaban J connectivity index is -0.0000000383. The monoisotopic (exact) mass is 218 g/mol. The molecule has 56 valence electrons. The van der Waals surface area contributed by atoms with Gasteiger partial charge in [-0.1, -0.05) is 0 Å². The van der Waals surface area contributed by atoms with Gasteiger partial charge in [0, 0.05) is 0 Å². The first-order valence-corrected chi connectivity index (χ1v) is 3.16. The fraction of sp³-hybridized carbons (Fsp3) is 0. The van der Waals surface area contributed by atoms with Crippen molar-refractivity contribution in [1.29, 1.82) is 0 Å². The van der Waals surface area contributed by atoms with Gasteiger partial charge in [0.25, 0.3) is 0 Å². The van der Waals surface area contributed by atoms with E-state index in [9.17, 15) is 0 Å². The average molecular weight is 218 g/mol. The van der Waals surface area contributed by atoms with Crippen LogP contribution >= 0.6 is 0 Å². The minimum Gasteiger partial charge on any atom is -0.861 e. The Kier molecular flexibility index (Phi) is 24.1. The van der Waals surface area contributed by atoms with Gasteiger partial charge in [-0.3, -0.25) is 0 Å². The number of hydrogen-bond acceptors (Lipinski definition) is 5. The van der Waals surface area contributed by atoms with Gasteiger partial charge in [0.1, 0.15) is 0 Å². The summed E-state index contributed by atoms with van der Waals surface area (Å²) in [4.78, 5) is 41.6. The third kappa shape index (κ3) is 423. The van der Waals surface area contributed by atoms with Crippen LogP contribution in [0.3, 0.4) is 0 Å². The molecule has 0 aliphatic heterocycles. The molecule has 0 radical (unpaired) electrons. The number of hydrogen-bond donors (Lipinski definition) is 3. The zero-order chi connectivity index (χ0) is 8.08. The van der Waals surface area contributed by atoms with Crippen molar-refractivity contribution in [3.05, 3.63) is 0 Å². The first-order chi connectivity index (χ1) is 3.73. The van der Waals surface area contributed by atoms with E-state index in [1.165, 1.54) is 0 Å². The summed E-state index contributed by atoms with van der Waals surface area (Å²) in [6.45, 7) is 0. The second kappa shape index (κ2) is 11.6. The van der Waals surface area contributed by atoms with Gasteiger partial charge >= 0.3 is 73.5 Å². The van der Waals surface area contributed by atoms with Crippen molar-refractivity contribution < 1.29 is 63.7 Å². The molecule has 0 heterocycles. The maximum Gasteiger partial charge on any atom is 2.00 e. The maximum atomic E-state index is 8.69. The summed E-state index contributed by atoms with van der Waals surface area (Å²) in [5, 5.41) is 13.9. The molecule has 0 aromatic carbocycles. The summed E-state index contributed by atoms with van der Waals surface area (Å²) < 4.78 is 0. The molecule has 0 aromatic heterocycles. The standard InChI is InChI=1S/CH2O3.Ca.Na.HO4Si/c2-1(3)4;;;1-5(2,3)4/h(H2,2,3,4);;;1H/q;+2;+1;-3. The quantitative estimate of drug-likeness (QED) is 0.342. The second-order valence-electron chi connectivity index (χ2n) is 0.806. The minimum atomic E-state index is -5.36. The molecular formula is CH3CaNaO7Si. The summed E-state index contributed by atoms with van der Waals surface area (Å²) in [5.41, 5.74) is 0. The Hall–Kier alpha value is 1.59. The Morgan fingerprint density at radius 1 is 1.18 bits per heavy atom. The molecule has 0 aliphatic carbocycles. The van der Waals surface area contributed by atoms with E-state index in [1.807, 2.05) is 0 Å². The predicted octanol–water partition coefficient (Wildman–Crippen LogP) is -7.66. The average Bonchev–Trinajstić information content (AvgIpc) is 1.19. The van der Waals surface area contributed by atoms with Crippen LogP contribution in [0.15, 0.2) is 0 Å². The predicted molar refractivity (Wildman–Crippen MR) is 24.4 cm³/mol. The first kappa shape index (κ1) is 22.9. The summed E-state index contributed by atoms with van der Waals surface area (Å²) in [7, 11) is -5.36. The van der Waals surface area contributed by atoms with E-state index in [0.717, 1.165) is 0 Å².